The number of nitrogens with one attached hydrogen (secondary N) is 1. The molecule has 21 heavy (non-hydrogen) atoms. The van der Waals surface area contributed by atoms with Gasteiger partial charge in [0, 0.05) is 30.8 Å². The zero-order chi connectivity index (χ0) is 15.2. The van der Waals surface area contributed by atoms with E-state index in [1.165, 1.54) is 18.3 Å². The molecule has 0 aromatic heterocycles. The summed E-state index contributed by atoms with van der Waals surface area (Å²) in [6.45, 7) is 0.986. The maximum Gasteiger partial charge on any atom is 0.321 e. The Morgan fingerprint density at radius 1 is 1.29 bits per heavy atom. The molecule has 0 atom stereocenters. The van der Waals surface area contributed by atoms with Crippen LogP contribution in [0.5, 0.6) is 0 Å². The van der Waals surface area contributed by atoms with E-state index in [0.29, 0.717) is 31.5 Å². The van der Waals surface area contributed by atoms with Gasteiger partial charge in [0.2, 0.25) is 5.91 Å². The van der Waals surface area contributed by atoms with E-state index in [1.807, 2.05) is 0 Å². The van der Waals surface area contributed by atoms with Crippen molar-refractivity contribution in [1.29, 1.82) is 0 Å². The number of halogens is 1. The van der Waals surface area contributed by atoms with Crippen LogP contribution in [0.4, 0.5) is 9.18 Å². The molecule has 1 aliphatic heterocycles. The van der Waals surface area contributed by atoms with Crippen molar-refractivity contribution >= 4 is 18.0 Å². The molecule has 1 aromatic rings. The fourth-order valence-corrected chi connectivity index (χ4v) is 2.27. The van der Waals surface area contributed by atoms with Crippen LogP contribution in [-0.2, 0) is 4.79 Å². The van der Waals surface area contributed by atoms with E-state index in [2.05, 4.69) is 5.32 Å². The van der Waals surface area contributed by atoms with E-state index in [0.717, 1.165) is 0 Å². The molecule has 112 valence electrons. The highest BCUT2D eigenvalue weighted by Crippen LogP contribution is 2.16. The van der Waals surface area contributed by atoms with Crippen LogP contribution in [-0.4, -0.2) is 29.9 Å². The van der Waals surface area contributed by atoms with Gasteiger partial charge in [-0.15, -0.1) is 0 Å². The number of urea groups is 1. The number of amides is 3. The summed E-state index contributed by atoms with van der Waals surface area (Å²) in [5, 5.41) is 2.60. The molecule has 1 fully saturated rings. The number of likely N-dealkylation sites (tertiary alicyclic amines) is 1. The van der Waals surface area contributed by atoms with Crippen LogP contribution in [0.25, 0.3) is 6.08 Å². The summed E-state index contributed by atoms with van der Waals surface area (Å²) >= 11 is 0. The maximum atomic E-state index is 13.4. The lowest BCUT2D eigenvalue weighted by Gasteiger charge is -2.30. The number of nitrogens with two attached hydrogens (primary N) is 1. The topological polar surface area (TPSA) is 75.4 Å². The van der Waals surface area contributed by atoms with Gasteiger partial charge in [-0.1, -0.05) is 18.2 Å². The highest BCUT2D eigenvalue weighted by atomic mass is 19.1. The van der Waals surface area contributed by atoms with Crippen molar-refractivity contribution in [3.05, 3.63) is 41.8 Å². The Bertz CT molecular complexity index is 552. The van der Waals surface area contributed by atoms with Crippen LogP contribution in [0.2, 0.25) is 0 Å². The third-order valence-electron chi connectivity index (χ3n) is 3.56. The van der Waals surface area contributed by atoms with E-state index in [9.17, 15) is 14.0 Å². The largest absolute Gasteiger partial charge is 0.369 e. The average Bonchev–Trinajstić information content (AvgIpc) is 2.49. The molecule has 1 saturated heterocycles. The summed E-state index contributed by atoms with van der Waals surface area (Å²) in [7, 11) is 0. The van der Waals surface area contributed by atoms with Gasteiger partial charge in [-0.3, -0.25) is 4.79 Å². The van der Waals surface area contributed by atoms with Crippen molar-refractivity contribution in [3.8, 4) is 0 Å². The third-order valence-corrected chi connectivity index (χ3v) is 3.56. The number of benzene rings is 1. The number of carbonyl (C=O) groups excluding carboxylic acids is 2. The van der Waals surface area contributed by atoms with Crippen LogP contribution in [0.15, 0.2) is 30.5 Å². The molecule has 3 amide bonds. The van der Waals surface area contributed by atoms with Gasteiger partial charge < -0.3 is 16.0 Å². The zero-order valence-corrected chi connectivity index (χ0v) is 11.6. The molecule has 1 aliphatic rings. The molecule has 0 radical (unpaired) electrons. The maximum absolute atomic E-state index is 13.4. The fraction of sp³-hybridized carbons (Fsp3) is 0.333. The first-order valence-electron chi connectivity index (χ1n) is 6.84. The Hall–Kier alpha value is -2.37. The number of primary amides is 1. The first-order chi connectivity index (χ1) is 10.1. The van der Waals surface area contributed by atoms with Gasteiger partial charge in [0.05, 0.1) is 0 Å². The summed E-state index contributed by atoms with van der Waals surface area (Å²) in [4.78, 5) is 24.6. The molecule has 3 N–H and O–H groups in total. The van der Waals surface area contributed by atoms with Crippen LogP contribution in [0, 0.1) is 11.7 Å². The number of hydrogen-bond acceptors (Lipinski definition) is 2. The third kappa shape index (κ3) is 4.05. The Labute approximate surface area is 122 Å². The molecule has 6 heteroatoms. The van der Waals surface area contributed by atoms with Gasteiger partial charge in [-0.2, -0.15) is 0 Å². The summed E-state index contributed by atoms with van der Waals surface area (Å²) in [5.74, 6) is -0.803. The number of piperidine rings is 1. The molecule has 0 bridgehead atoms. The van der Waals surface area contributed by atoms with Gasteiger partial charge in [0.15, 0.2) is 0 Å². The van der Waals surface area contributed by atoms with Crippen LogP contribution in [0.1, 0.15) is 18.4 Å². The van der Waals surface area contributed by atoms with Crippen molar-refractivity contribution in [2.24, 2.45) is 11.7 Å². The van der Waals surface area contributed by atoms with Crippen molar-refractivity contribution in [3.63, 3.8) is 0 Å². The molecule has 1 aromatic carbocycles. The minimum atomic E-state index is -0.342. The summed E-state index contributed by atoms with van der Waals surface area (Å²) in [6.07, 6.45) is 4.09. The first kappa shape index (κ1) is 15.0. The van der Waals surface area contributed by atoms with Crippen LogP contribution >= 0.6 is 0 Å². The predicted molar refractivity (Wildman–Crippen MR) is 77.5 cm³/mol. The monoisotopic (exact) mass is 291 g/mol. The Morgan fingerprint density at radius 2 is 1.95 bits per heavy atom. The fourth-order valence-electron chi connectivity index (χ4n) is 2.27. The molecule has 0 unspecified atom stereocenters. The molecule has 1 heterocycles. The standard InChI is InChI=1S/C15H18FN3O2/c16-13-4-2-1-3-11(13)5-8-18-15(21)19-9-6-12(7-10-19)14(17)20/h1-5,8,12H,6-7,9-10H2,(H2,17,20)(H,18,21)/b8-5+. The molecule has 0 aliphatic carbocycles. The predicted octanol–water partition coefficient (Wildman–Crippen LogP) is 1.70. The molecular weight excluding hydrogens is 273 g/mol. The van der Waals surface area contributed by atoms with Crippen LogP contribution in [0.3, 0.4) is 0 Å². The summed E-state index contributed by atoms with van der Waals surface area (Å²) < 4.78 is 13.4. The second kappa shape index (κ2) is 6.88. The molecule has 5 nitrogen and oxygen atoms in total. The minimum absolute atomic E-state index is 0.150. The number of carbonyl (C=O) groups is 2. The summed E-state index contributed by atoms with van der Waals surface area (Å²) in [5.41, 5.74) is 5.65. The van der Waals surface area contributed by atoms with Gasteiger partial charge >= 0.3 is 6.03 Å². The smallest absolute Gasteiger partial charge is 0.321 e. The first-order valence-corrected chi connectivity index (χ1v) is 6.84. The van der Waals surface area contributed by atoms with Gasteiger partial charge in [-0.25, -0.2) is 9.18 Å². The summed E-state index contributed by atoms with van der Waals surface area (Å²) in [6, 6.07) is 6.05. The zero-order valence-electron chi connectivity index (χ0n) is 11.6. The second-order valence-corrected chi connectivity index (χ2v) is 4.97. The highest BCUT2D eigenvalue weighted by Gasteiger charge is 2.25. The quantitative estimate of drug-likeness (QED) is 0.889. The van der Waals surface area contributed by atoms with E-state index < -0.39 is 0 Å². The Balaban J connectivity index is 1.83. The molecule has 0 spiro atoms. The number of nitrogens with zero attached hydrogens (tertiary/aromatic N) is 1. The van der Waals surface area contributed by atoms with Crippen molar-refractivity contribution in [2.75, 3.05) is 13.1 Å². The van der Waals surface area contributed by atoms with E-state index in [4.69, 9.17) is 5.73 Å². The average molecular weight is 291 g/mol. The number of hydrogen-bond donors (Lipinski definition) is 2. The molecule has 2 rings (SSSR count). The minimum Gasteiger partial charge on any atom is -0.369 e. The molecule has 0 saturated carbocycles. The molecular formula is C15H18FN3O2. The Kier molecular flexibility index (Phi) is 4.92. The number of rotatable bonds is 3. The van der Waals surface area contributed by atoms with Crippen LogP contribution < -0.4 is 11.1 Å². The van der Waals surface area contributed by atoms with Gasteiger partial charge in [0.1, 0.15) is 5.82 Å². The van der Waals surface area contributed by atoms with E-state index >= 15 is 0 Å². The van der Waals surface area contributed by atoms with Crippen molar-refractivity contribution in [2.45, 2.75) is 12.8 Å². The lowest BCUT2D eigenvalue weighted by atomic mass is 9.96. The highest BCUT2D eigenvalue weighted by molar-refractivity contribution is 5.78. The van der Waals surface area contributed by atoms with Gasteiger partial charge in [-0.05, 0) is 25.0 Å². The van der Waals surface area contributed by atoms with Gasteiger partial charge in [0.25, 0.3) is 0 Å². The van der Waals surface area contributed by atoms with E-state index in [1.54, 1.807) is 23.1 Å². The Morgan fingerprint density at radius 3 is 2.57 bits per heavy atom. The lowest BCUT2D eigenvalue weighted by molar-refractivity contribution is -0.122. The van der Waals surface area contributed by atoms with Crippen molar-refractivity contribution < 1.29 is 14.0 Å². The van der Waals surface area contributed by atoms with Crippen molar-refractivity contribution in [1.82, 2.24) is 10.2 Å². The normalized spacial score (nSPS) is 16.1. The second-order valence-electron chi connectivity index (χ2n) is 4.97. The SMILES string of the molecule is NC(=O)C1CCN(C(=O)N/C=C/c2ccccc2F)CC1. The lowest BCUT2D eigenvalue weighted by Crippen LogP contribution is -2.45. The van der Waals surface area contributed by atoms with E-state index in [-0.39, 0.29) is 23.7 Å².